The van der Waals surface area contributed by atoms with Crippen molar-refractivity contribution >= 4 is 29.9 Å². The average molecular weight is 523 g/mol. The van der Waals surface area contributed by atoms with E-state index in [2.05, 4.69) is 29.5 Å². The van der Waals surface area contributed by atoms with Gasteiger partial charge in [-0.05, 0) is 32.3 Å². The number of nitrogens with zero attached hydrogens (tertiary/aromatic N) is 1. The highest BCUT2D eigenvalue weighted by Gasteiger charge is 2.15. The maximum Gasteiger partial charge on any atom is 0.203 e. The lowest BCUT2D eigenvalue weighted by atomic mass is 10.1. The molecule has 0 saturated heterocycles. The largest absolute Gasteiger partial charge is 0.493 e. The number of nitrogens with one attached hydrogen (secondary N) is 2. The molecule has 0 amide bonds. The van der Waals surface area contributed by atoms with Crippen molar-refractivity contribution in [3.63, 3.8) is 0 Å². The number of halogens is 1. The van der Waals surface area contributed by atoms with Gasteiger partial charge >= 0.3 is 0 Å². The van der Waals surface area contributed by atoms with E-state index in [-0.39, 0.29) is 24.0 Å². The molecule has 0 radical (unpaired) electrons. The Morgan fingerprint density at radius 2 is 1.66 bits per heavy atom. The molecule has 0 fully saturated rings. The minimum atomic E-state index is 0. The Kier molecular flexibility index (Phi) is 16.6. The van der Waals surface area contributed by atoms with E-state index in [1.807, 2.05) is 12.1 Å². The molecule has 1 rings (SSSR count). The van der Waals surface area contributed by atoms with Gasteiger partial charge in [-0.2, -0.15) is 0 Å². The van der Waals surface area contributed by atoms with Crippen LogP contribution in [-0.2, 0) is 11.2 Å². The minimum absolute atomic E-state index is 0. The number of methoxy groups -OCH3 is 3. The van der Waals surface area contributed by atoms with Gasteiger partial charge in [0.1, 0.15) is 0 Å². The summed E-state index contributed by atoms with van der Waals surface area (Å²) >= 11 is 0. The van der Waals surface area contributed by atoms with Crippen molar-refractivity contribution in [2.45, 2.75) is 39.5 Å². The third-order valence-electron chi connectivity index (χ3n) is 4.18. The fourth-order valence-electron chi connectivity index (χ4n) is 2.72. The summed E-state index contributed by atoms with van der Waals surface area (Å²) in [5.41, 5.74) is 1.05. The van der Waals surface area contributed by atoms with Gasteiger partial charge in [0.05, 0.1) is 21.3 Å². The minimum Gasteiger partial charge on any atom is -0.493 e. The molecule has 8 heteroatoms. The monoisotopic (exact) mass is 523 g/mol. The Morgan fingerprint density at radius 3 is 2.28 bits per heavy atom. The van der Waals surface area contributed by atoms with Crippen LogP contribution in [0, 0.1) is 0 Å². The maximum atomic E-state index is 5.57. The number of aliphatic imine (C=N–C) groups is 1. The Morgan fingerprint density at radius 1 is 0.931 bits per heavy atom. The topological polar surface area (TPSA) is 73.3 Å². The first kappa shape index (κ1) is 27.6. The van der Waals surface area contributed by atoms with E-state index in [9.17, 15) is 0 Å². The van der Waals surface area contributed by atoms with E-state index < -0.39 is 0 Å². The van der Waals surface area contributed by atoms with E-state index >= 15 is 0 Å². The molecule has 2 N–H and O–H groups in total. The number of benzene rings is 1. The van der Waals surface area contributed by atoms with Crippen LogP contribution in [0.15, 0.2) is 17.1 Å². The predicted molar refractivity (Wildman–Crippen MR) is 130 cm³/mol. The van der Waals surface area contributed by atoms with Crippen LogP contribution in [0.2, 0.25) is 0 Å². The number of hydrogen-bond donors (Lipinski definition) is 2. The Bertz CT molecular complexity index is 585. The molecule has 0 heterocycles. The third-order valence-corrected chi connectivity index (χ3v) is 4.18. The van der Waals surface area contributed by atoms with Crippen LogP contribution in [-0.4, -0.2) is 60.1 Å². The zero-order valence-electron chi connectivity index (χ0n) is 18.5. The van der Waals surface area contributed by atoms with E-state index in [1.165, 1.54) is 0 Å². The SMILES string of the molecule is CCCCOCCCN=C(NCC)NCCc1ccc(OC)c(OC)c1OC.I. The zero-order valence-corrected chi connectivity index (χ0v) is 20.8. The molecule has 0 spiro atoms. The summed E-state index contributed by atoms with van der Waals surface area (Å²) in [6.07, 6.45) is 3.97. The zero-order chi connectivity index (χ0) is 20.6. The average Bonchev–Trinajstić information content (AvgIpc) is 2.72. The molecule has 7 nitrogen and oxygen atoms in total. The van der Waals surface area contributed by atoms with Crippen LogP contribution < -0.4 is 24.8 Å². The summed E-state index contributed by atoms with van der Waals surface area (Å²) in [5.74, 6) is 2.79. The molecule has 0 bridgehead atoms. The van der Waals surface area contributed by atoms with Crippen molar-refractivity contribution in [2.24, 2.45) is 4.99 Å². The lowest BCUT2D eigenvalue weighted by molar-refractivity contribution is 0.130. The number of guanidine groups is 1. The van der Waals surface area contributed by atoms with Gasteiger partial charge in [0.15, 0.2) is 17.5 Å². The van der Waals surface area contributed by atoms with Gasteiger partial charge in [-0.3, -0.25) is 4.99 Å². The molecular formula is C21H38IN3O4. The van der Waals surface area contributed by atoms with Crippen LogP contribution in [0.1, 0.15) is 38.7 Å². The molecule has 1 aromatic carbocycles. The maximum absolute atomic E-state index is 5.57. The normalized spacial score (nSPS) is 10.9. The smallest absolute Gasteiger partial charge is 0.203 e. The molecule has 168 valence electrons. The molecule has 29 heavy (non-hydrogen) atoms. The fraction of sp³-hybridized carbons (Fsp3) is 0.667. The fourth-order valence-corrected chi connectivity index (χ4v) is 2.72. The molecule has 1 aromatic rings. The molecule has 0 aliphatic heterocycles. The molecule has 0 aliphatic rings. The molecule has 0 atom stereocenters. The van der Waals surface area contributed by atoms with Gasteiger partial charge in [0.2, 0.25) is 5.75 Å². The number of unbranched alkanes of at least 4 members (excludes halogenated alkanes) is 1. The van der Waals surface area contributed by atoms with E-state index in [0.717, 1.165) is 70.1 Å². The highest BCUT2D eigenvalue weighted by molar-refractivity contribution is 14.0. The summed E-state index contributed by atoms with van der Waals surface area (Å²) in [5, 5.41) is 6.64. The Labute approximate surface area is 192 Å². The van der Waals surface area contributed by atoms with Crippen molar-refractivity contribution in [1.82, 2.24) is 10.6 Å². The quantitative estimate of drug-likeness (QED) is 0.168. The second kappa shape index (κ2) is 17.4. The summed E-state index contributed by atoms with van der Waals surface area (Å²) < 4.78 is 21.9. The van der Waals surface area contributed by atoms with Crippen LogP contribution in [0.25, 0.3) is 0 Å². The standard InChI is InChI=1S/C21H37N3O4.HI/c1-6-8-15-28-16-9-13-23-21(22-7-2)24-14-12-17-10-11-18(25-3)20(27-5)19(17)26-4;/h10-11H,6-9,12-16H2,1-5H3,(H2,22,23,24);1H. The molecule has 0 unspecified atom stereocenters. The highest BCUT2D eigenvalue weighted by Crippen LogP contribution is 2.39. The van der Waals surface area contributed by atoms with Crippen molar-refractivity contribution in [3.8, 4) is 17.2 Å². The van der Waals surface area contributed by atoms with E-state index in [1.54, 1.807) is 21.3 Å². The van der Waals surface area contributed by atoms with Crippen LogP contribution in [0.5, 0.6) is 17.2 Å². The van der Waals surface area contributed by atoms with Gasteiger partial charge in [0, 0.05) is 38.4 Å². The highest BCUT2D eigenvalue weighted by atomic mass is 127. The van der Waals surface area contributed by atoms with Crippen LogP contribution in [0.3, 0.4) is 0 Å². The van der Waals surface area contributed by atoms with Gasteiger partial charge in [0.25, 0.3) is 0 Å². The van der Waals surface area contributed by atoms with E-state index in [0.29, 0.717) is 17.2 Å². The molecule has 0 aliphatic carbocycles. The first-order valence-electron chi connectivity index (χ1n) is 10.1. The summed E-state index contributed by atoms with van der Waals surface area (Å²) in [6.45, 7) is 8.10. The molecular weight excluding hydrogens is 485 g/mol. The van der Waals surface area contributed by atoms with Crippen LogP contribution >= 0.6 is 24.0 Å². The van der Waals surface area contributed by atoms with Crippen molar-refractivity contribution in [3.05, 3.63) is 17.7 Å². The Hall–Kier alpha value is -1.42. The van der Waals surface area contributed by atoms with E-state index in [4.69, 9.17) is 18.9 Å². The lowest BCUT2D eigenvalue weighted by Gasteiger charge is -2.16. The van der Waals surface area contributed by atoms with Crippen molar-refractivity contribution in [2.75, 3.05) is 54.2 Å². The van der Waals surface area contributed by atoms with Crippen molar-refractivity contribution < 1.29 is 18.9 Å². The first-order chi connectivity index (χ1) is 13.7. The Balaban J connectivity index is 0.00000784. The second-order valence-electron chi connectivity index (χ2n) is 6.25. The second-order valence-corrected chi connectivity index (χ2v) is 6.25. The summed E-state index contributed by atoms with van der Waals surface area (Å²) in [4.78, 5) is 4.60. The van der Waals surface area contributed by atoms with Gasteiger partial charge in [-0.25, -0.2) is 0 Å². The van der Waals surface area contributed by atoms with Gasteiger partial charge in [-0.1, -0.05) is 19.4 Å². The number of rotatable bonds is 14. The third kappa shape index (κ3) is 10.3. The molecule has 0 aromatic heterocycles. The summed E-state index contributed by atoms with van der Waals surface area (Å²) in [7, 11) is 4.87. The predicted octanol–water partition coefficient (Wildman–Crippen LogP) is 3.63. The van der Waals surface area contributed by atoms with Crippen LogP contribution in [0.4, 0.5) is 0 Å². The van der Waals surface area contributed by atoms with Crippen molar-refractivity contribution in [1.29, 1.82) is 0 Å². The summed E-state index contributed by atoms with van der Waals surface area (Å²) in [6, 6.07) is 3.90. The van der Waals surface area contributed by atoms with Gasteiger partial charge < -0.3 is 29.6 Å². The lowest BCUT2D eigenvalue weighted by Crippen LogP contribution is -2.38. The molecule has 0 saturated carbocycles. The number of ether oxygens (including phenoxy) is 4. The first-order valence-corrected chi connectivity index (χ1v) is 10.1. The van der Waals surface area contributed by atoms with Gasteiger partial charge in [-0.15, -0.1) is 24.0 Å². The number of hydrogen-bond acceptors (Lipinski definition) is 5.